The zero-order valence-corrected chi connectivity index (χ0v) is 12.6. The van der Waals surface area contributed by atoms with Gasteiger partial charge in [0.15, 0.2) is 0 Å². The van der Waals surface area contributed by atoms with Gasteiger partial charge in [-0.25, -0.2) is 4.90 Å². The van der Waals surface area contributed by atoms with Crippen molar-refractivity contribution in [2.24, 2.45) is 23.7 Å². The number of allylic oxidation sites excluding steroid dienone is 2. The van der Waals surface area contributed by atoms with Crippen LogP contribution in [0.2, 0.25) is 0 Å². The van der Waals surface area contributed by atoms with E-state index < -0.39 is 4.92 Å². The predicted molar refractivity (Wildman–Crippen MR) is 82.7 cm³/mol. The topological polar surface area (TPSA) is 80.5 Å². The lowest BCUT2D eigenvalue weighted by molar-refractivity contribution is -0.385. The minimum absolute atomic E-state index is 0.0703. The summed E-state index contributed by atoms with van der Waals surface area (Å²) in [6.45, 7) is 1.64. The van der Waals surface area contributed by atoms with E-state index in [2.05, 4.69) is 12.2 Å². The maximum Gasteiger partial charge on any atom is 0.274 e. The molecule has 1 heterocycles. The number of amides is 2. The van der Waals surface area contributed by atoms with Crippen LogP contribution in [-0.2, 0) is 9.59 Å². The number of fused-ring (bicyclic) bond motifs is 1. The van der Waals surface area contributed by atoms with E-state index >= 15 is 0 Å². The predicted octanol–water partition coefficient (Wildman–Crippen LogP) is 2.60. The van der Waals surface area contributed by atoms with Gasteiger partial charge in [0.2, 0.25) is 11.8 Å². The van der Waals surface area contributed by atoms with Gasteiger partial charge in [-0.2, -0.15) is 0 Å². The Labute approximate surface area is 132 Å². The van der Waals surface area contributed by atoms with Crippen molar-refractivity contribution in [2.75, 3.05) is 4.90 Å². The molecule has 1 aliphatic heterocycles. The molecule has 1 aromatic carbocycles. The van der Waals surface area contributed by atoms with Gasteiger partial charge in [0.05, 0.1) is 22.4 Å². The lowest BCUT2D eigenvalue weighted by atomic mass is 9.63. The van der Waals surface area contributed by atoms with E-state index in [4.69, 9.17) is 0 Å². The molecule has 1 saturated heterocycles. The molecule has 118 valence electrons. The summed E-state index contributed by atoms with van der Waals surface area (Å²) < 4.78 is 0. The molecular formula is C17H16N2O4. The number of hydrogen-bond acceptors (Lipinski definition) is 4. The summed E-state index contributed by atoms with van der Waals surface area (Å²) in [6.07, 6.45) is 5.98. The Balaban J connectivity index is 1.76. The van der Waals surface area contributed by atoms with Crippen LogP contribution in [0.5, 0.6) is 0 Å². The third-order valence-electron chi connectivity index (χ3n) is 5.41. The maximum atomic E-state index is 12.8. The van der Waals surface area contributed by atoms with Gasteiger partial charge in [0, 0.05) is 11.6 Å². The lowest BCUT2D eigenvalue weighted by Crippen LogP contribution is -2.38. The lowest BCUT2D eigenvalue weighted by Gasteiger charge is -2.38. The molecule has 5 rings (SSSR count). The van der Waals surface area contributed by atoms with Gasteiger partial charge >= 0.3 is 0 Å². The van der Waals surface area contributed by atoms with Gasteiger partial charge in [0.1, 0.15) is 0 Å². The Hall–Kier alpha value is -2.50. The van der Waals surface area contributed by atoms with Crippen molar-refractivity contribution >= 4 is 23.2 Å². The van der Waals surface area contributed by atoms with Gasteiger partial charge in [-0.3, -0.25) is 19.7 Å². The number of aryl methyl sites for hydroxylation is 1. The number of rotatable bonds is 2. The van der Waals surface area contributed by atoms with Crippen LogP contribution in [-0.4, -0.2) is 16.7 Å². The van der Waals surface area contributed by atoms with Crippen LogP contribution >= 0.6 is 0 Å². The molecule has 0 spiro atoms. The highest BCUT2D eigenvalue weighted by atomic mass is 16.6. The Morgan fingerprint density at radius 3 is 2.13 bits per heavy atom. The van der Waals surface area contributed by atoms with Gasteiger partial charge in [-0.05, 0) is 37.7 Å². The zero-order valence-electron chi connectivity index (χ0n) is 12.6. The molecule has 2 fully saturated rings. The van der Waals surface area contributed by atoms with Crippen molar-refractivity contribution in [1.82, 2.24) is 0 Å². The number of nitro benzene ring substituents is 1. The molecule has 0 N–H and O–H groups in total. The molecule has 0 aromatic heterocycles. The van der Waals surface area contributed by atoms with Crippen molar-refractivity contribution in [3.63, 3.8) is 0 Å². The molecule has 2 amide bonds. The van der Waals surface area contributed by atoms with E-state index in [0.717, 1.165) is 12.8 Å². The quantitative estimate of drug-likeness (QED) is 0.364. The van der Waals surface area contributed by atoms with E-state index in [1.165, 1.54) is 11.0 Å². The normalized spacial score (nSPS) is 31.6. The number of nitrogens with zero attached hydrogens (tertiary/aromatic N) is 2. The van der Waals surface area contributed by atoms with Crippen LogP contribution in [0, 0.1) is 40.7 Å². The highest BCUT2D eigenvalue weighted by molar-refractivity contribution is 6.22. The smallest absolute Gasteiger partial charge is 0.274 e. The fourth-order valence-electron chi connectivity index (χ4n) is 4.26. The summed E-state index contributed by atoms with van der Waals surface area (Å²) >= 11 is 0. The first-order valence-corrected chi connectivity index (χ1v) is 7.80. The number of anilines is 1. The van der Waals surface area contributed by atoms with Crippen molar-refractivity contribution in [3.05, 3.63) is 46.0 Å². The Morgan fingerprint density at radius 2 is 1.65 bits per heavy atom. The molecule has 0 unspecified atom stereocenters. The Bertz CT molecular complexity index is 738. The first kappa shape index (κ1) is 14.1. The average molecular weight is 312 g/mol. The zero-order chi connectivity index (χ0) is 16.3. The van der Waals surface area contributed by atoms with Crippen LogP contribution in [0.1, 0.15) is 18.4 Å². The summed E-state index contributed by atoms with van der Waals surface area (Å²) in [5.74, 6) is -0.786. The van der Waals surface area contributed by atoms with E-state index in [1.807, 2.05) is 0 Å². The molecule has 4 aliphatic rings. The number of imide groups is 1. The van der Waals surface area contributed by atoms with Gasteiger partial charge < -0.3 is 0 Å². The average Bonchev–Trinajstić information content (AvgIpc) is 2.83. The summed E-state index contributed by atoms with van der Waals surface area (Å²) in [5, 5.41) is 11.1. The van der Waals surface area contributed by atoms with Crippen LogP contribution < -0.4 is 4.90 Å². The molecule has 4 atom stereocenters. The molecule has 3 aliphatic carbocycles. The minimum Gasteiger partial charge on any atom is -0.274 e. The fourth-order valence-corrected chi connectivity index (χ4v) is 4.26. The second-order valence-corrected chi connectivity index (χ2v) is 6.58. The standard InChI is InChI=1S/C17H16N2O4/c1-9-2-7-12(8-13(9)19(22)23)18-16(20)14-10-3-4-11(6-5-10)15(14)17(18)21/h2-4,7-8,10-11,14-15H,5-6H2,1H3/t10-,11+,14-,15+. The highest BCUT2D eigenvalue weighted by Crippen LogP contribution is 2.50. The summed E-state index contributed by atoms with van der Waals surface area (Å²) in [4.78, 5) is 37.4. The highest BCUT2D eigenvalue weighted by Gasteiger charge is 2.56. The third-order valence-corrected chi connectivity index (χ3v) is 5.41. The summed E-state index contributed by atoms with van der Waals surface area (Å²) in [7, 11) is 0. The first-order valence-electron chi connectivity index (χ1n) is 7.80. The minimum atomic E-state index is -0.484. The van der Waals surface area contributed by atoms with E-state index in [1.54, 1.807) is 19.1 Å². The fraction of sp³-hybridized carbons (Fsp3) is 0.412. The maximum absolute atomic E-state index is 12.8. The largest absolute Gasteiger partial charge is 0.274 e. The van der Waals surface area contributed by atoms with Crippen LogP contribution in [0.15, 0.2) is 30.4 Å². The van der Waals surface area contributed by atoms with Crippen molar-refractivity contribution in [3.8, 4) is 0 Å². The van der Waals surface area contributed by atoms with E-state index in [0.29, 0.717) is 11.3 Å². The number of benzene rings is 1. The molecular weight excluding hydrogens is 296 g/mol. The number of carbonyl (C=O) groups is 2. The van der Waals surface area contributed by atoms with Gasteiger partial charge in [0.25, 0.3) is 5.69 Å². The second kappa shape index (κ2) is 4.75. The van der Waals surface area contributed by atoms with E-state index in [-0.39, 0.29) is 41.2 Å². The molecule has 6 nitrogen and oxygen atoms in total. The molecule has 2 bridgehead atoms. The van der Waals surface area contributed by atoms with Gasteiger partial charge in [-0.1, -0.05) is 18.2 Å². The van der Waals surface area contributed by atoms with Crippen LogP contribution in [0.25, 0.3) is 0 Å². The second-order valence-electron chi connectivity index (χ2n) is 6.58. The first-order chi connectivity index (χ1) is 11.0. The summed E-state index contributed by atoms with van der Waals surface area (Å²) in [6, 6.07) is 4.53. The SMILES string of the molecule is Cc1ccc(N2C(=O)[C@@H]3[C@H](C2=O)[C@@H]2C=C[C@H]3CC2)cc1[N+](=O)[O-]. The van der Waals surface area contributed by atoms with Crippen molar-refractivity contribution in [1.29, 1.82) is 0 Å². The van der Waals surface area contributed by atoms with Gasteiger partial charge in [-0.15, -0.1) is 0 Å². The number of nitro groups is 1. The van der Waals surface area contributed by atoms with Crippen LogP contribution in [0.4, 0.5) is 11.4 Å². The third kappa shape index (κ3) is 1.87. The van der Waals surface area contributed by atoms with E-state index in [9.17, 15) is 19.7 Å². The van der Waals surface area contributed by atoms with Crippen molar-refractivity contribution < 1.29 is 14.5 Å². The molecule has 1 aromatic rings. The van der Waals surface area contributed by atoms with Crippen molar-refractivity contribution in [2.45, 2.75) is 19.8 Å². The Kier molecular flexibility index (Phi) is 2.91. The summed E-state index contributed by atoms with van der Waals surface area (Å²) in [5.41, 5.74) is 0.752. The molecule has 0 radical (unpaired) electrons. The van der Waals surface area contributed by atoms with Crippen LogP contribution in [0.3, 0.4) is 0 Å². The Morgan fingerprint density at radius 1 is 1.09 bits per heavy atom. The molecule has 1 saturated carbocycles. The number of carbonyl (C=O) groups excluding carboxylic acids is 2. The monoisotopic (exact) mass is 312 g/mol. The number of hydrogen-bond donors (Lipinski definition) is 0. The molecule has 6 heteroatoms. The molecule has 23 heavy (non-hydrogen) atoms.